The third-order valence-corrected chi connectivity index (χ3v) is 4.74. The summed E-state index contributed by atoms with van der Waals surface area (Å²) in [5, 5.41) is 3.96. The highest BCUT2D eigenvalue weighted by Gasteiger charge is 2.47. The van der Waals surface area contributed by atoms with Crippen LogP contribution in [0.25, 0.3) is 10.4 Å². The van der Waals surface area contributed by atoms with Crippen molar-refractivity contribution in [1.29, 1.82) is 0 Å². The summed E-state index contributed by atoms with van der Waals surface area (Å²) >= 11 is 0. The Morgan fingerprint density at radius 3 is 2.74 bits per heavy atom. The van der Waals surface area contributed by atoms with E-state index < -0.39 is 0 Å². The maximum Gasteiger partial charge on any atom is 0.163 e. The van der Waals surface area contributed by atoms with Gasteiger partial charge >= 0.3 is 0 Å². The molecular formula is C15H17N3O. The second-order valence-electron chi connectivity index (χ2n) is 5.69. The number of nitrogens with zero attached hydrogens (tertiary/aromatic N) is 3. The molecule has 19 heavy (non-hydrogen) atoms. The lowest BCUT2D eigenvalue weighted by Gasteiger charge is -2.27. The fourth-order valence-corrected chi connectivity index (χ4v) is 3.86. The quantitative estimate of drug-likeness (QED) is 0.347. The zero-order valence-corrected chi connectivity index (χ0v) is 10.8. The van der Waals surface area contributed by atoms with Gasteiger partial charge in [-0.05, 0) is 42.5 Å². The molecule has 98 valence electrons. The molecule has 3 rings (SSSR count). The first-order valence-corrected chi connectivity index (χ1v) is 6.92. The molecule has 0 amide bonds. The molecule has 2 fully saturated rings. The van der Waals surface area contributed by atoms with Crippen LogP contribution in [0.1, 0.15) is 36.0 Å². The van der Waals surface area contributed by atoms with E-state index in [1.54, 1.807) is 0 Å². The molecule has 0 aliphatic heterocycles. The van der Waals surface area contributed by atoms with Crippen LogP contribution in [0.15, 0.2) is 35.4 Å². The number of rotatable bonds is 4. The van der Waals surface area contributed by atoms with Crippen LogP contribution < -0.4 is 0 Å². The van der Waals surface area contributed by atoms with E-state index in [-0.39, 0.29) is 17.7 Å². The minimum atomic E-state index is 0.0383. The highest BCUT2D eigenvalue weighted by molar-refractivity contribution is 5.96. The van der Waals surface area contributed by atoms with Crippen molar-refractivity contribution in [1.82, 2.24) is 0 Å². The molecule has 4 unspecified atom stereocenters. The summed E-state index contributed by atoms with van der Waals surface area (Å²) in [6, 6.07) is 9.45. The van der Waals surface area contributed by atoms with Crippen LogP contribution in [0.2, 0.25) is 0 Å². The molecular weight excluding hydrogens is 238 g/mol. The Hall–Kier alpha value is -1.80. The van der Waals surface area contributed by atoms with Crippen LogP contribution in [0.5, 0.6) is 0 Å². The summed E-state index contributed by atoms with van der Waals surface area (Å²) in [5.41, 5.74) is 9.47. The molecule has 2 aliphatic rings. The molecule has 0 saturated heterocycles. The summed E-state index contributed by atoms with van der Waals surface area (Å²) in [4.78, 5) is 15.3. The Bertz CT molecular complexity index is 521. The summed E-state index contributed by atoms with van der Waals surface area (Å²) in [7, 11) is 0. The lowest BCUT2D eigenvalue weighted by molar-refractivity contribution is 0.0936. The van der Waals surface area contributed by atoms with Gasteiger partial charge < -0.3 is 0 Å². The van der Waals surface area contributed by atoms with Crippen molar-refractivity contribution < 1.29 is 4.79 Å². The number of azide groups is 1. The molecule has 4 nitrogen and oxygen atoms in total. The predicted molar refractivity (Wildman–Crippen MR) is 72.6 cm³/mol. The first kappa shape index (κ1) is 12.2. The smallest absolute Gasteiger partial charge is 0.163 e. The van der Waals surface area contributed by atoms with Crippen molar-refractivity contribution in [2.75, 3.05) is 0 Å². The molecule has 4 heteroatoms. The van der Waals surface area contributed by atoms with E-state index in [4.69, 9.17) is 5.53 Å². The van der Waals surface area contributed by atoms with Gasteiger partial charge in [0.05, 0.1) is 0 Å². The van der Waals surface area contributed by atoms with E-state index in [1.807, 2.05) is 30.3 Å². The number of Topliss-reactive ketones (excluding diaryl/α,β-unsaturated/α-hetero) is 1. The zero-order valence-electron chi connectivity index (χ0n) is 10.8. The van der Waals surface area contributed by atoms with Crippen molar-refractivity contribution in [2.24, 2.45) is 22.9 Å². The lowest BCUT2D eigenvalue weighted by Crippen LogP contribution is -2.27. The normalized spacial score (nSPS) is 32.0. The highest BCUT2D eigenvalue weighted by atomic mass is 16.1. The Balaban J connectivity index is 1.75. The standard InChI is InChI=1S/C15H17N3O/c16-18-17-15-12-7-6-11(8-12)13(15)9-14(19)10-4-2-1-3-5-10/h1-5,11-13,15H,6-9H2. The Labute approximate surface area is 112 Å². The third kappa shape index (κ3) is 2.24. The Morgan fingerprint density at radius 2 is 2.00 bits per heavy atom. The SMILES string of the molecule is [N-]=[N+]=NC1C2CCC(C2)C1CC(=O)c1ccccc1. The predicted octanol–water partition coefficient (Wildman–Crippen LogP) is 3.98. The number of carbonyl (C=O) groups excluding carboxylic acids is 1. The fraction of sp³-hybridized carbons (Fsp3) is 0.533. The van der Waals surface area contributed by atoms with Crippen molar-refractivity contribution in [3.05, 3.63) is 46.3 Å². The van der Waals surface area contributed by atoms with E-state index in [0.717, 1.165) is 18.4 Å². The summed E-state index contributed by atoms with van der Waals surface area (Å²) in [6.07, 6.45) is 4.00. The van der Waals surface area contributed by atoms with Crippen molar-refractivity contribution >= 4 is 5.78 Å². The second-order valence-corrected chi connectivity index (χ2v) is 5.69. The number of hydrogen-bond acceptors (Lipinski definition) is 2. The van der Waals surface area contributed by atoms with Gasteiger partial charge in [0, 0.05) is 22.9 Å². The van der Waals surface area contributed by atoms with Gasteiger partial charge in [-0.1, -0.05) is 35.4 Å². The van der Waals surface area contributed by atoms with E-state index in [9.17, 15) is 4.79 Å². The van der Waals surface area contributed by atoms with Gasteiger partial charge in [-0.25, -0.2) is 0 Å². The first-order valence-electron chi connectivity index (χ1n) is 6.92. The Morgan fingerprint density at radius 1 is 1.26 bits per heavy atom. The van der Waals surface area contributed by atoms with Crippen molar-refractivity contribution in [3.63, 3.8) is 0 Å². The zero-order chi connectivity index (χ0) is 13.2. The lowest BCUT2D eigenvalue weighted by atomic mass is 9.81. The van der Waals surface area contributed by atoms with Crippen molar-refractivity contribution in [2.45, 2.75) is 31.7 Å². The fourth-order valence-electron chi connectivity index (χ4n) is 3.86. The first-order chi connectivity index (χ1) is 9.29. The van der Waals surface area contributed by atoms with E-state index in [1.165, 1.54) is 6.42 Å². The van der Waals surface area contributed by atoms with Crippen LogP contribution in [-0.2, 0) is 0 Å². The van der Waals surface area contributed by atoms with Gasteiger partial charge in [0.25, 0.3) is 0 Å². The van der Waals surface area contributed by atoms with Crippen LogP contribution in [-0.4, -0.2) is 11.8 Å². The summed E-state index contributed by atoms with van der Waals surface area (Å²) in [5.74, 6) is 1.52. The van der Waals surface area contributed by atoms with Crippen LogP contribution in [0.4, 0.5) is 0 Å². The van der Waals surface area contributed by atoms with E-state index in [0.29, 0.717) is 18.3 Å². The van der Waals surface area contributed by atoms with Gasteiger partial charge in [0.15, 0.2) is 5.78 Å². The molecule has 0 radical (unpaired) electrons. The molecule has 1 aromatic rings. The Kier molecular flexibility index (Phi) is 3.26. The molecule has 0 N–H and O–H groups in total. The van der Waals surface area contributed by atoms with E-state index >= 15 is 0 Å². The van der Waals surface area contributed by atoms with Gasteiger partial charge in [0.2, 0.25) is 0 Å². The largest absolute Gasteiger partial charge is 0.294 e. The number of fused-ring (bicyclic) bond motifs is 2. The number of hydrogen-bond donors (Lipinski definition) is 0. The molecule has 0 spiro atoms. The van der Waals surface area contributed by atoms with E-state index in [2.05, 4.69) is 10.0 Å². The minimum Gasteiger partial charge on any atom is -0.294 e. The average molecular weight is 255 g/mol. The molecule has 0 aromatic heterocycles. The number of benzene rings is 1. The molecule has 2 bridgehead atoms. The van der Waals surface area contributed by atoms with Gasteiger partial charge in [-0.15, -0.1) is 0 Å². The minimum absolute atomic E-state index is 0.0383. The van der Waals surface area contributed by atoms with Gasteiger partial charge in [-0.2, -0.15) is 0 Å². The molecule has 4 atom stereocenters. The topological polar surface area (TPSA) is 65.8 Å². The summed E-state index contributed by atoms with van der Waals surface area (Å²) < 4.78 is 0. The molecule has 1 aromatic carbocycles. The highest BCUT2D eigenvalue weighted by Crippen LogP contribution is 2.51. The van der Waals surface area contributed by atoms with Crippen LogP contribution >= 0.6 is 0 Å². The van der Waals surface area contributed by atoms with Crippen LogP contribution in [0.3, 0.4) is 0 Å². The molecule has 2 aliphatic carbocycles. The summed E-state index contributed by atoms with van der Waals surface area (Å²) in [6.45, 7) is 0. The maximum atomic E-state index is 12.3. The third-order valence-electron chi connectivity index (χ3n) is 4.74. The van der Waals surface area contributed by atoms with Gasteiger partial charge in [0.1, 0.15) is 0 Å². The second kappa shape index (κ2) is 5.06. The number of carbonyl (C=O) groups is 1. The molecule has 0 heterocycles. The van der Waals surface area contributed by atoms with Crippen LogP contribution in [0, 0.1) is 17.8 Å². The van der Waals surface area contributed by atoms with Gasteiger partial charge in [-0.3, -0.25) is 4.79 Å². The van der Waals surface area contributed by atoms with Crippen molar-refractivity contribution in [3.8, 4) is 0 Å². The monoisotopic (exact) mass is 255 g/mol. The number of ketones is 1. The molecule has 2 saturated carbocycles. The average Bonchev–Trinajstić information content (AvgIpc) is 3.03. The maximum absolute atomic E-state index is 12.3.